The van der Waals surface area contributed by atoms with Crippen molar-refractivity contribution in [2.45, 2.75) is 44.8 Å². The molecule has 0 spiro atoms. The molecule has 0 aliphatic heterocycles. The number of rotatable bonds is 10. The molecule has 0 aliphatic carbocycles. The summed E-state index contributed by atoms with van der Waals surface area (Å²) in [6.07, 6.45) is 1.27. The number of nitriles is 2. The van der Waals surface area contributed by atoms with Crippen molar-refractivity contribution < 1.29 is 4.79 Å². The molecule has 29 heavy (non-hydrogen) atoms. The minimum absolute atomic E-state index is 0.1000. The third kappa shape index (κ3) is 6.33. The smallest absolute Gasteiger partial charge is 0.262 e. The van der Waals surface area contributed by atoms with Crippen LogP contribution in [0.2, 0.25) is 0 Å². The van der Waals surface area contributed by atoms with Crippen LogP contribution in [0.1, 0.15) is 33.1 Å². The Bertz CT molecular complexity index is 969. The molecule has 0 saturated heterocycles. The van der Waals surface area contributed by atoms with Crippen molar-refractivity contribution in [3.05, 3.63) is 34.6 Å². The highest BCUT2D eigenvalue weighted by Gasteiger charge is 2.17. The van der Waals surface area contributed by atoms with Crippen LogP contribution in [-0.4, -0.2) is 39.2 Å². The van der Waals surface area contributed by atoms with Gasteiger partial charge in [-0.15, -0.1) is 0 Å². The first-order chi connectivity index (χ1) is 14.0. The van der Waals surface area contributed by atoms with Crippen molar-refractivity contribution in [3.63, 3.8) is 0 Å². The molecule has 2 rings (SSSR count). The second-order valence-corrected chi connectivity index (χ2v) is 7.98. The molecule has 0 unspecified atom stereocenters. The minimum Gasteiger partial charge on any atom is -0.340 e. The Morgan fingerprint density at radius 2 is 1.86 bits per heavy atom. The summed E-state index contributed by atoms with van der Waals surface area (Å²) in [4.78, 5) is 31.7. The largest absolute Gasteiger partial charge is 0.340 e. The lowest BCUT2D eigenvalue weighted by molar-refractivity contribution is -0.128. The molecule has 8 heteroatoms. The zero-order valence-electron chi connectivity index (χ0n) is 16.8. The van der Waals surface area contributed by atoms with Gasteiger partial charge in [-0.3, -0.25) is 14.2 Å². The zero-order valence-corrected chi connectivity index (χ0v) is 17.6. The third-order valence-corrected chi connectivity index (χ3v) is 5.38. The van der Waals surface area contributed by atoms with Crippen LogP contribution >= 0.6 is 11.8 Å². The van der Waals surface area contributed by atoms with Crippen molar-refractivity contribution in [2.75, 3.05) is 18.8 Å². The summed E-state index contributed by atoms with van der Waals surface area (Å²) >= 11 is 1.23. The number of para-hydroxylation sites is 1. The SMILES string of the molecule is CC(C)CCn1c(SCC(=O)N(CCC#N)CCC#N)nc2ccccc2c1=O. The lowest BCUT2D eigenvalue weighted by atomic mass is 10.1. The highest BCUT2D eigenvalue weighted by molar-refractivity contribution is 7.99. The number of carbonyl (C=O) groups is 1. The zero-order chi connectivity index (χ0) is 21.2. The summed E-state index contributed by atoms with van der Waals surface area (Å²) in [7, 11) is 0. The summed E-state index contributed by atoms with van der Waals surface area (Å²) in [6.45, 7) is 5.32. The van der Waals surface area contributed by atoms with Gasteiger partial charge in [-0.1, -0.05) is 37.7 Å². The first-order valence-corrected chi connectivity index (χ1v) is 10.6. The van der Waals surface area contributed by atoms with Gasteiger partial charge in [0.05, 0.1) is 41.6 Å². The van der Waals surface area contributed by atoms with Crippen LogP contribution in [0.25, 0.3) is 10.9 Å². The Morgan fingerprint density at radius 1 is 1.21 bits per heavy atom. The lowest BCUT2D eigenvalue weighted by Crippen LogP contribution is -2.34. The highest BCUT2D eigenvalue weighted by atomic mass is 32.2. The monoisotopic (exact) mass is 411 g/mol. The molecule has 0 bridgehead atoms. The maximum Gasteiger partial charge on any atom is 0.262 e. The standard InChI is InChI=1S/C21H25N5O2S/c1-16(2)9-14-26-20(28)17-7-3-4-8-18(17)24-21(26)29-15-19(27)25(12-5-10-22)13-6-11-23/h3-4,7-8,16H,5-6,9,12-15H2,1-2H3. The number of thioether (sulfide) groups is 1. The van der Waals surface area contributed by atoms with Gasteiger partial charge in [-0.25, -0.2) is 4.98 Å². The van der Waals surface area contributed by atoms with Gasteiger partial charge in [0.2, 0.25) is 5.91 Å². The van der Waals surface area contributed by atoms with Gasteiger partial charge in [0.1, 0.15) is 0 Å². The van der Waals surface area contributed by atoms with Crippen LogP contribution in [0.15, 0.2) is 34.2 Å². The van der Waals surface area contributed by atoms with Crippen molar-refractivity contribution >= 4 is 28.6 Å². The summed E-state index contributed by atoms with van der Waals surface area (Å²) in [5, 5.41) is 18.7. The highest BCUT2D eigenvalue weighted by Crippen LogP contribution is 2.19. The van der Waals surface area contributed by atoms with E-state index in [0.29, 0.717) is 41.6 Å². The molecule has 7 nitrogen and oxygen atoms in total. The number of hydrogen-bond donors (Lipinski definition) is 0. The van der Waals surface area contributed by atoms with Crippen LogP contribution in [0, 0.1) is 28.6 Å². The Balaban J connectivity index is 2.25. The van der Waals surface area contributed by atoms with Crippen LogP contribution in [0.3, 0.4) is 0 Å². The average Bonchev–Trinajstić information content (AvgIpc) is 2.71. The fourth-order valence-corrected chi connectivity index (χ4v) is 3.72. The van der Waals surface area contributed by atoms with E-state index in [1.54, 1.807) is 16.7 Å². The number of aromatic nitrogens is 2. The van der Waals surface area contributed by atoms with Gasteiger partial charge in [-0.05, 0) is 24.5 Å². The molecule has 0 saturated carbocycles. The van der Waals surface area contributed by atoms with Gasteiger partial charge in [-0.2, -0.15) is 10.5 Å². The van der Waals surface area contributed by atoms with Crippen LogP contribution in [0.4, 0.5) is 0 Å². The number of nitrogens with zero attached hydrogens (tertiary/aromatic N) is 5. The fourth-order valence-electron chi connectivity index (χ4n) is 2.79. The molecule has 1 heterocycles. The molecule has 1 aromatic heterocycles. The van der Waals surface area contributed by atoms with Gasteiger partial charge in [0.15, 0.2) is 5.16 Å². The number of fused-ring (bicyclic) bond motifs is 1. The molecule has 0 N–H and O–H groups in total. The molecule has 1 aromatic carbocycles. The van der Waals surface area contributed by atoms with E-state index in [0.717, 1.165) is 6.42 Å². The molecular formula is C21H25N5O2S. The minimum atomic E-state index is -0.168. The summed E-state index contributed by atoms with van der Waals surface area (Å²) in [5.41, 5.74) is 0.510. The van der Waals surface area contributed by atoms with Crippen molar-refractivity contribution in [1.82, 2.24) is 14.5 Å². The Kier molecular flexibility index (Phi) is 8.69. The van der Waals surface area contributed by atoms with E-state index in [1.807, 2.05) is 24.3 Å². The Hall–Kier alpha value is -2.84. The first-order valence-electron chi connectivity index (χ1n) is 9.62. The average molecular weight is 412 g/mol. The van der Waals surface area contributed by atoms with E-state index in [-0.39, 0.29) is 30.1 Å². The van der Waals surface area contributed by atoms with E-state index in [4.69, 9.17) is 10.5 Å². The van der Waals surface area contributed by atoms with Gasteiger partial charge >= 0.3 is 0 Å². The summed E-state index contributed by atoms with van der Waals surface area (Å²) < 4.78 is 1.65. The third-order valence-electron chi connectivity index (χ3n) is 4.42. The van der Waals surface area contributed by atoms with Crippen LogP contribution in [0.5, 0.6) is 0 Å². The lowest BCUT2D eigenvalue weighted by Gasteiger charge is -2.20. The second kappa shape index (κ2) is 11.2. The first kappa shape index (κ1) is 22.4. The molecule has 1 amide bonds. The molecule has 0 atom stereocenters. The number of carbonyl (C=O) groups excluding carboxylic acids is 1. The van der Waals surface area contributed by atoms with Gasteiger partial charge in [0, 0.05) is 19.6 Å². The Morgan fingerprint density at radius 3 is 2.48 bits per heavy atom. The van der Waals surface area contributed by atoms with Crippen LogP contribution < -0.4 is 5.56 Å². The van der Waals surface area contributed by atoms with E-state index in [9.17, 15) is 9.59 Å². The quantitative estimate of drug-likeness (QED) is 0.439. The molecule has 0 aliphatic rings. The van der Waals surface area contributed by atoms with Gasteiger partial charge in [0.25, 0.3) is 5.56 Å². The van der Waals surface area contributed by atoms with Crippen molar-refractivity contribution in [1.29, 1.82) is 10.5 Å². The second-order valence-electron chi connectivity index (χ2n) is 7.04. The topological polar surface area (TPSA) is 103 Å². The summed E-state index contributed by atoms with van der Waals surface area (Å²) in [6, 6.07) is 11.3. The molecule has 2 aromatic rings. The molecular weight excluding hydrogens is 386 g/mol. The summed E-state index contributed by atoms with van der Waals surface area (Å²) in [5.74, 6) is 0.363. The maximum absolute atomic E-state index is 13.0. The fraction of sp³-hybridized carbons (Fsp3) is 0.476. The van der Waals surface area contributed by atoms with Gasteiger partial charge < -0.3 is 4.90 Å². The molecule has 0 radical (unpaired) electrons. The predicted octanol–water partition coefficient (Wildman–Crippen LogP) is 3.19. The normalized spacial score (nSPS) is 10.7. The molecule has 0 fully saturated rings. The van der Waals surface area contributed by atoms with E-state index in [2.05, 4.69) is 18.8 Å². The number of amides is 1. The van der Waals surface area contributed by atoms with Crippen molar-refractivity contribution in [2.24, 2.45) is 5.92 Å². The predicted molar refractivity (Wildman–Crippen MR) is 113 cm³/mol. The maximum atomic E-state index is 13.0. The van der Waals surface area contributed by atoms with E-state index < -0.39 is 0 Å². The van der Waals surface area contributed by atoms with Crippen LogP contribution in [-0.2, 0) is 11.3 Å². The van der Waals surface area contributed by atoms with E-state index in [1.165, 1.54) is 16.7 Å². The molecule has 152 valence electrons. The number of benzene rings is 1. The van der Waals surface area contributed by atoms with Crippen molar-refractivity contribution in [3.8, 4) is 12.1 Å². The number of hydrogen-bond acceptors (Lipinski definition) is 6. The van der Waals surface area contributed by atoms with E-state index >= 15 is 0 Å². The Labute approximate surface area is 174 Å².